The predicted octanol–water partition coefficient (Wildman–Crippen LogP) is 4.36. The SMILES string of the molecule is Cc1cc([N+](=O)[O-])cc(-c2ccc3cc[nH]c3c2)c1C. The van der Waals surface area contributed by atoms with Crippen molar-refractivity contribution in [3.63, 3.8) is 0 Å². The Morgan fingerprint density at radius 3 is 2.65 bits per heavy atom. The molecule has 0 aliphatic heterocycles. The minimum Gasteiger partial charge on any atom is -0.361 e. The van der Waals surface area contributed by atoms with Crippen molar-refractivity contribution in [1.82, 2.24) is 4.98 Å². The number of aromatic amines is 1. The van der Waals surface area contributed by atoms with Crippen molar-refractivity contribution in [3.8, 4) is 11.1 Å². The Morgan fingerprint density at radius 2 is 1.90 bits per heavy atom. The van der Waals surface area contributed by atoms with Gasteiger partial charge in [-0.25, -0.2) is 0 Å². The van der Waals surface area contributed by atoms with E-state index in [1.807, 2.05) is 44.3 Å². The van der Waals surface area contributed by atoms with Crippen LogP contribution in [0.1, 0.15) is 11.1 Å². The lowest BCUT2D eigenvalue weighted by molar-refractivity contribution is -0.384. The third kappa shape index (κ3) is 1.95. The standard InChI is InChI=1S/C16H14N2O2/c1-10-7-14(18(19)20)9-15(11(10)2)13-4-3-12-5-6-17-16(12)8-13/h3-9,17H,1-2H3. The Balaban J connectivity index is 2.24. The number of nitrogens with zero attached hydrogens (tertiary/aromatic N) is 1. The van der Waals surface area contributed by atoms with Gasteiger partial charge in [0.1, 0.15) is 0 Å². The molecule has 3 rings (SSSR count). The second-order valence-electron chi connectivity index (χ2n) is 4.97. The van der Waals surface area contributed by atoms with Gasteiger partial charge in [0.2, 0.25) is 0 Å². The largest absolute Gasteiger partial charge is 0.361 e. The topological polar surface area (TPSA) is 58.9 Å². The number of aryl methyl sites for hydroxylation is 1. The molecule has 0 aliphatic carbocycles. The first kappa shape index (κ1) is 12.4. The van der Waals surface area contributed by atoms with Crippen LogP contribution in [0.5, 0.6) is 0 Å². The molecule has 20 heavy (non-hydrogen) atoms. The van der Waals surface area contributed by atoms with E-state index in [9.17, 15) is 10.1 Å². The van der Waals surface area contributed by atoms with Gasteiger partial charge in [0.05, 0.1) is 4.92 Å². The second kappa shape index (κ2) is 4.49. The number of fused-ring (bicyclic) bond motifs is 1. The minimum absolute atomic E-state index is 0.134. The molecular formula is C16H14N2O2. The van der Waals surface area contributed by atoms with Crippen LogP contribution >= 0.6 is 0 Å². The Labute approximate surface area is 116 Å². The van der Waals surface area contributed by atoms with E-state index in [0.29, 0.717) is 0 Å². The molecule has 0 fully saturated rings. The van der Waals surface area contributed by atoms with Gasteiger partial charge in [0, 0.05) is 23.8 Å². The second-order valence-corrected chi connectivity index (χ2v) is 4.97. The zero-order valence-corrected chi connectivity index (χ0v) is 11.3. The average molecular weight is 266 g/mol. The first-order chi connectivity index (χ1) is 9.56. The van der Waals surface area contributed by atoms with Crippen molar-refractivity contribution >= 4 is 16.6 Å². The molecule has 0 saturated carbocycles. The normalized spacial score (nSPS) is 10.9. The first-order valence-electron chi connectivity index (χ1n) is 6.39. The van der Waals surface area contributed by atoms with Crippen molar-refractivity contribution in [2.45, 2.75) is 13.8 Å². The summed E-state index contributed by atoms with van der Waals surface area (Å²) in [5.74, 6) is 0. The van der Waals surface area contributed by atoms with Crippen molar-refractivity contribution in [3.05, 3.63) is 63.8 Å². The lowest BCUT2D eigenvalue weighted by Gasteiger charge is -2.09. The van der Waals surface area contributed by atoms with E-state index in [-0.39, 0.29) is 10.6 Å². The molecular weight excluding hydrogens is 252 g/mol. The first-order valence-corrected chi connectivity index (χ1v) is 6.39. The molecule has 1 heterocycles. The number of nitro groups is 1. The Morgan fingerprint density at radius 1 is 1.10 bits per heavy atom. The van der Waals surface area contributed by atoms with Crippen LogP contribution in [0.2, 0.25) is 0 Å². The van der Waals surface area contributed by atoms with E-state index < -0.39 is 0 Å². The highest BCUT2D eigenvalue weighted by Crippen LogP contribution is 2.31. The average Bonchev–Trinajstić information content (AvgIpc) is 2.88. The van der Waals surface area contributed by atoms with E-state index in [1.54, 1.807) is 12.1 Å². The summed E-state index contributed by atoms with van der Waals surface area (Å²) in [6, 6.07) is 11.3. The summed E-state index contributed by atoms with van der Waals surface area (Å²) in [5, 5.41) is 12.2. The summed E-state index contributed by atoms with van der Waals surface area (Å²) in [6.07, 6.45) is 1.89. The maximum atomic E-state index is 11.0. The number of non-ortho nitro benzene ring substituents is 1. The number of benzene rings is 2. The third-order valence-electron chi connectivity index (χ3n) is 3.73. The maximum Gasteiger partial charge on any atom is 0.270 e. The fraction of sp³-hybridized carbons (Fsp3) is 0.125. The van der Waals surface area contributed by atoms with Crippen molar-refractivity contribution < 1.29 is 4.92 Å². The third-order valence-corrected chi connectivity index (χ3v) is 3.73. The molecule has 0 atom stereocenters. The van der Waals surface area contributed by atoms with Crippen molar-refractivity contribution in [2.24, 2.45) is 0 Å². The van der Waals surface area contributed by atoms with Crippen molar-refractivity contribution in [1.29, 1.82) is 0 Å². The summed E-state index contributed by atoms with van der Waals surface area (Å²) >= 11 is 0. The van der Waals surface area contributed by atoms with Gasteiger partial charge in [-0.2, -0.15) is 0 Å². The molecule has 0 bridgehead atoms. The zero-order valence-electron chi connectivity index (χ0n) is 11.3. The fourth-order valence-electron chi connectivity index (χ4n) is 2.46. The number of rotatable bonds is 2. The number of nitrogens with one attached hydrogen (secondary N) is 1. The van der Waals surface area contributed by atoms with Gasteiger partial charge in [0.25, 0.3) is 5.69 Å². The summed E-state index contributed by atoms with van der Waals surface area (Å²) in [6.45, 7) is 3.90. The predicted molar refractivity (Wildman–Crippen MR) is 79.9 cm³/mol. The molecule has 0 saturated heterocycles. The Kier molecular flexibility index (Phi) is 2.79. The molecule has 0 radical (unpaired) electrons. The van der Waals surface area contributed by atoms with E-state index in [0.717, 1.165) is 33.2 Å². The molecule has 1 N–H and O–H groups in total. The quantitative estimate of drug-likeness (QED) is 0.553. The van der Waals surface area contributed by atoms with Gasteiger partial charge in [0.15, 0.2) is 0 Å². The van der Waals surface area contributed by atoms with Crippen LogP contribution in [-0.2, 0) is 0 Å². The minimum atomic E-state index is -0.344. The van der Waals surface area contributed by atoms with E-state index in [4.69, 9.17) is 0 Å². The lowest BCUT2D eigenvalue weighted by Crippen LogP contribution is -1.94. The van der Waals surface area contributed by atoms with Gasteiger partial charge in [-0.05, 0) is 53.6 Å². The molecule has 0 spiro atoms. The summed E-state index contributed by atoms with van der Waals surface area (Å²) in [5.41, 5.74) is 5.07. The van der Waals surface area contributed by atoms with Crippen LogP contribution in [0.4, 0.5) is 5.69 Å². The Hall–Kier alpha value is -2.62. The van der Waals surface area contributed by atoms with Gasteiger partial charge in [-0.1, -0.05) is 12.1 Å². The summed E-state index contributed by atoms with van der Waals surface area (Å²) in [7, 11) is 0. The number of nitro benzene ring substituents is 1. The van der Waals surface area contributed by atoms with Crippen LogP contribution in [0.25, 0.3) is 22.0 Å². The molecule has 0 unspecified atom stereocenters. The monoisotopic (exact) mass is 266 g/mol. The molecule has 1 aromatic heterocycles. The van der Waals surface area contributed by atoms with Gasteiger partial charge >= 0.3 is 0 Å². The number of aromatic nitrogens is 1. The molecule has 2 aromatic carbocycles. The van der Waals surface area contributed by atoms with E-state index in [2.05, 4.69) is 4.98 Å². The number of hydrogen-bond donors (Lipinski definition) is 1. The van der Waals surface area contributed by atoms with Crippen LogP contribution in [0, 0.1) is 24.0 Å². The van der Waals surface area contributed by atoms with Crippen LogP contribution in [-0.4, -0.2) is 9.91 Å². The molecule has 0 amide bonds. The maximum absolute atomic E-state index is 11.0. The van der Waals surface area contributed by atoms with Crippen LogP contribution in [0.3, 0.4) is 0 Å². The van der Waals surface area contributed by atoms with E-state index in [1.165, 1.54) is 0 Å². The Bertz CT molecular complexity index is 818. The highest BCUT2D eigenvalue weighted by atomic mass is 16.6. The van der Waals surface area contributed by atoms with E-state index >= 15 is 0 Å². The highest BCUT2D eigenvalue weighted by Gasteiger charge is 2.13. The highest BCUT2D eigenvalue weighted by molar-refractivity contribution is 5.86. The molecule has 3 aromatic rings. The molecule has 4 heteroatoms. The molecule has 0 aliphatic rings. The summed E-state index contributed by atoms with van der Waals surface area (Å²) < 4.78 is 0. The van der Waals surface area contributed by atoms with Gasteiger partial charge < -0.3 is 4.98 Å². The number of hydrogen-bond acceptors (Lipinski definition) is 2. The zero-order chi connectivity index (χ0) is 14.3. The van der Waals surface area contributed by atoms with Crippen molar-refractivity contribution in [2.75, 3.05) is 0 Å². The summed E-state index contributed by atoms with van der Waals surface area (Å²) in [4.78, 5) is 13.8. The number of H-pyrrole nitrogens is 1. The smallest absolute Gasteiger partial charge is 0.270 e. The molecule has 100 valence electrons. The van der Waals surface area contributed by atoms with Gasteiger partial charge in [-0.3, -0.25) is 10.1 Å². The fourth-order valence-corrected chi connectivity index (χ4v) is 2.46. The molecule has 4 nitrogen and oxygen atoms in total. The van der Waals surface area contributed by atoms with Gasteiger partial charge in [-0.15, -0.1) is 0 Å². The lowest BCUT2D eigenvalue weighted by atomic mass is 9.95. The van der Waals surface area contributed by atoms with Crippen LogP contribution in [0.15, 0.2) is 42.6 Å². The van der Waals surface area contributed by atoms with Crippen LogP contribution < -0.4 is 0 Å².